The summed E-state index contributed by atoms with van der Waals surface area (Å²) in [5, 5.41) is 2.87. The van der Waals surface area contributed by atoms with Gasteiger partial charge in [0.2, 0.25) is 5.91 Å². The molecule has 5 nitrogen and oxygen atoms in total. The van der Waals surface area contributed by atoms with Crippen molar-refractivity contribution >= 4 is 21.7 Å². The lowest BCUT2D eigenvalue weighted by Crippen LogP contribution is -2.20. The van der Waals surface area contributed by atoms with Crippen LogP contribution in [-0.4, -0.2) is 14.3 Å². The Kier molecular flexibility index (Phi) is 5.08. The summed E-state index contributed by atoms with van der Waals surface area (Å²) in [7, 11) is -3.87. The Hall–Kier alpha value is -2.34. The van der Waals surface area contributed by atoms with Crippen molar-refractivity contribution in [2.75, 3.05) is 5.32 Å². The number of carbonyl (C=O) groups excluding carboxylic acids is 1. The van der Waals surface area contributed by atoms with Crippen LogP contribution in [0.5, 0.6) is 5.75 Å². The van der Waals surface area contributed by atoms with Crippen LogP contribution in [0, 0.1) is 12.8 Å². The normalized spacial score (nSPS) is 15.1. The number of nitrogens with one attached hydrogen (secondary N) is 1. The van der Waals surface area contributed by atoms with Gasteiger partial charge in [-0.15, -0.1) is 0 Å². The molecule has 0 saturated heterocycles. The van der Waals surface area contributed by atoms with Crippen LogP contribution in [0.25, 0.3) is 0 Å². The maximum atomic E-state index is 12.3. The van der Waals surface area contributed by atoms with E-state index in [1.807, 2.05) is 6.92 Å². The summed E-state index contributed by atoms with van der Waals surface area (Å²) >= 11 is 0. The molecule has 0 aliphatic heterocycles. The zero-order valence-corrected chi connectivity index (χ0v) is 14.9. The quantitative estimate of drug-likeness (QED) is 0.822. The van der Waals surface area contributed by atoms with Crippen molar-refractivity contribution < 1.29 is 17.4 Å². The minimum absolute atomic E-state index is 0.0263. The smallest absolute Gasteiger partial charge is 0.339 e. The fraction of sp³-hybridized carbons (Fsp3) is 0.316. The second-order valence-electron chi connectivity index (χ2n) is 6.35. The van der Waals surface area contributed by atoms with E-state index in [4.69, 9.17) is 4.18 Å². The van der Waals surface area contributed by atoms with E-state index in [2.05, 4.69) is 5.32 Å². The van der Waals surface area contributed by atoms with Crippen LogP contribution in [0.4, 0.5) is 5.69 Å². The first-order valence-corrected chi connectivity index (χ1v) is 9.77. The molecular formula is C19H21NO4S. The molecule has 1 amide bonds. The van der Waals surface area contributed by atoms with E-state index in [-0.39, 0.29) is 22.5 Å². The van der Waals surface area contributed by atoms with Crippen molar-refractivity contribution in [1.82, 2.24) is 0 Å². The summed E-state index contributed by atoms with van der Waals surface area (Å²) < 4.78 is 29.7. The van der Waals surface area contributed by atoms with Crippen LogP contribution < -0.4 is 9.50 Å². The van der Waals surface area contributed by atoms with Crippen LogP contribution in [0.1, 0.15) is 31.2 Å². The molecule has 132 valence electrons. The summed E-state index contributed by atoms with van der Waals surface area (Å²) in [5.74, 6) is 0.315. The highest BCUT2D eigenvalue weighted by Gasteiger charge is 2.22. The van der Waals surface area contributed by atoms with Gasteiger partial charge < -0.3 is 9.50 Å². The van der Waals surface area contributed by atoms with Crippen molar-refractivity contribution in [3.8, 4) is 5.75 Å². The van der Waals surface area contributed by atoms with Gasteiger partial charge >= 0.3 is 10.1 Å². The van der Waals surface area contributed by atoms with Crippen LogP contribution in [0.3, 0.4) is 0 Å². The molecule has 3 rings (SSSR count). The Bertz CT molecular complexity index is 836. The Morgan fingerprint density at radius 1 is 1.00 bits per heavy atom. The maximum Gasteiger partial charge on any atom is 0.339 e. The Labute approximate surface area is 148 Å². The highest BCUT2D eigenvalue weighted by Crippen LogP contribution is 2.27. The lowest BCUT2D eigenvalue weighted by Gasteiger charge is -2.11. The van der Waals surface area contributed by atoms with E-state index in [1.54, 1.807) is 24.3 Å². The molecular weight excluding hydrogens is 338 g/mol. The summed E-state index contributed by atoms with van der Waals surface area (Å²) in [6, 6.07) is 12.8. The highest BCUT2D eigenvalue weighted by atomic mass is 32.2. The minimum atomic E-state index is -3.87. The molecule has 25 heavy (non-hydrogen) atoms. The molecule has 1 aliphatic rings. The van der Waals surface area contributed by atoms with Crippen molar-refractivity contribution in [2.45, 2.75) is 37.5 Å². The first-order chi connectivity index (χ1) is 11.9. The van der Waals surface area contributed by atoms with Crippen LogP contribution in [0.2, 0.25) is 0 Å². The fourth-order valence-corrected chi connectivity index (χ4v) is 3.84. The van der Waals surface area contributed by atoms with Gasteiger partial charge in [-0.05, 0) is 56.2 Å². The fourth-order valence-electron chi connectivity index (χ4n) is 2.91. The largest absolute Gasteiger partial charge is 0.379 e. The molecule has 0 unspecified atom stereocenters. The molecule has 1 N–H and O–H groups in total. The summed E-state index contributed by atoms with van der Waals surface area (Å²) in [5.41, 5.74) is 1.61. The van der Waals surface area contributed by atoms with E-state index in [1.165, 1.54) is 24.3 Å². The average molecular weight is 359 g/mol. The molecule has 0 bridgehead atoms. The molecule has 1 fully saturated rings. The van der Waals surface area contributed by atoms with E-state index in [9.17, 15) is 13.2 Å². The molecule has 0 aromatic heterocycles. The summed E-state index contributed by atoms with van der Waals surface area (Å²) in [4.78, 5) is 12.2. The molecule has 6 heteroatoms. The Morgan fingerprint density at radius 2 is 1.60 bits per heavy atom. The van der Waals surface area contributed by atoms with Crippen molar-refractivity contribution in [3.05, 3.63) is 54.1 Å². The Morgan fingerprint density at radius 3 is 2.20 bits per heavy atom. The van der Waals surface area contributed by atoms with Gasteiger partial charge in [-0.1, -0.05) is 30.5 Å². The predicted octanol–water partition coefficient (Wildman–Crippen LogP) is 3.89. The van der Waals surface area contributed by atoms with E-state index in [0.29, 0.717) is 5.69 Å². The lowest BCUT2D eigenvalue weighted by atomic mass is 10.1. The van der Waals surface area contributed by atoms with Gasteiger partial charge in [0, 0.05) is 11.6 Å². The number of anilines is 1. The molecule has 0 heterocycles. The number of amides is 1. The second-order valence-corrected chi connectivity index (χ2v) is 7.89. The first kappa shape index (κ1) is 17.5. The average Bonchev–Trinajstić information content (AvgIpc) is 3.11. The van der Waals surface area contributed by atoms with E-state index < -0.39 is 10.1 Å². The van der Waals surface area contributed by atoms with Crippen LogP contribution in [0.15, 0.2) is 53.4 Å². The summed E-state index contributed by atoms with van der Waals surface area (Å²) in [6.07, 6.45) is 4.06. The van der Waals surface area contributed by atoms with Gasteiger partial charge in [0.25, 0.3) is 0 Å². The molecule has 0 radical (unpaired) electrons. The van der Waals surface area contributed by atoms with Crippen molar-refractivity contribution in [3.63, 3.8) is 0 Å². The third-order valence-corrected chi connectivity index (χ3v) is 5.62. The number of benzene rings is 2. The SMILES string of the molecule is Cc1ccc(S(=O)(=O)Oc2ccc(NC(=O)C3CCCC3)cc2)cc1. The third kappa shape index (κ3) is 4.39. The second kappa shape index (κ2) is 7.27. The standard InChI is InChI=1S/C19H21NO4S/c1-14-6-12-18(13-7-14)25(22,23)24-17-10-8-16(9-11-17)20-19(21)15-4-2-3-5-15/h6-13,15H,2-5H2,1H3,(H,20,21). The third-order valence-electron chi connectivity index (χ3n) is 4.36. The minimum Gasteiger partial charge on any atom is -0.379 e. The van der Waals surface area contributed by atoms with Crippen LogP contribution in [-0.2, 0) is 14.9 Å². The number of carbonyl (C=O) groups is 1. The molecule has 0 atom stereocenters. The predicted molar refractivity (Wildman–Crippen MR) is 96.0 cm³/mol. The van der Waals surface area contributed by atoms with Crippen molar-refractivity contribution in [1.29, 1.82) is 0 Å². The zero-order chi connectivity index (χ0) is 17.9. The van der Waals surface area contributed by atoms with Crippen molar-refractivity contribution in [2.24, 2.45) is 5.92 Å². The van der Waals surface area contributed by atoms with Gasteiger partial charge in [0.1, 0.15) is 10.6 Å². The topological polar surface area (TPSA) is 72.5 Å². The maximum absolute atomic E-state index is 12.3. The molecule has 2 aromatic carbocycles. The van der Waals surface area contributed by atoms with Gasteiger partial charge in [0.05, 0.1) is 0 Å². The van der Waals surface area contributed by atoms with E-state index in [0.717, 1.165) is 31.2 Å². The lowest BCUT2D eigenvalue weighted by molar-refractivity contribution is -0.119. The first-order valence-electron chi connectivity index (χ1n) is 8.36. The number of aryl methyl sites for hydroxylation is 1. The molecule has 0 spiro atoms. The number of rotatable bonds is 5. The van der Waals surface area contributed by atoms with Gasteiger partial charge in [-0.3, -0.25) is 4.79 Å². The van der Waals surface area contributed by atoms with Crippen LogP contribution >= 0.6 is 0 Å². The van der Waals surface area contributed by atoms with Gasteiger partial charge in [0.15, 0.2) is 0 Å². The molecule has 1 aliphatic carbocycles. The monoisotopic (exact) mass is 359 g/mol. The highest BCUT2D eigenvalue weighted by molar-refractivity contribution is 7.87. The molecule has 1 saturated carbocycles. The Balaban J connectivity index is 1.65. The van der Waals surface area contributed by atoms with E-state index >= 15 is 0 Å². The van der Waals surface area contributed by atoms with Gasteiger partial charge in [-0.25, -0.2) is 0 Å². The number of hydrogen-bond acceptors (Lipinski definition) is 4. The zero-order valence-electron chi connectivity index (χ0n) is 14.1. The van der Waals surface area contributed by atoms with Gasteiger partial charge in [-0.2, -0.15) is 8.42 Å². The number of hydrogen-bond donors (Lipinski definition) is 1. The molecule has 2 aromatic rings. The summed E-state index contributed by atoms with van der Waals surface area (Å²) in [6.45, 7) is 1.88.